The van der Waals surface area contributed by atoms with E-state index in [9.17, 15) is 4.79 Å². The largest absolute Gasteiger partial charge is 0.385 e. The highest BCUT2D eigenvalue weighted by Crippen LogP contribution is 1.86. The first-order valence-corrected chi connectivity index (χ1v) is 5.14. The van der Waals surface area contributed by atoms with Crippen molar-refractivity contribution in [3.05, 3.63) is 0 Å². The molecule has 0 aromatic carbocycles. The van der Waals surface area contributed by atoms with Crippen molar-refractivity contribution >= 4 is 5.91 Å². The fourth-order valence-corrected chi connectivity index (χ4v) is 0.985. The molecule has 0 aromatic heterocycles. The second-order valence-electron chi connectivity index (χ2n) is 3.06. The lowest BCUT2D eigenvalue weighted by Crippen LogP contribution is -2.26. The van der Waals surface area contributed by atoms with Crippen molar-refractivity contribution in [2.24, 2.45) is 0 Å². The van der Waals surface area contributed by atoms with Crippen molar-refractivity contribution in [2.45, 2.75) is 26.2 Å². The molecule has 0 radical (unpaired) electrons. The molecule has 0 spiro atoms. The molecule has 84 valence electrons. The minimum absolute atomic E-state index is 0.105. The van der Waals surface area contributed by atoms with Gasteiger partial charge in [0.15, 0.2) is 0 Å². The second kappa shape index (κ2) is 10.5. The van der Waals surface area contributed by atoms with Gasteiger partial charge in [-0.3, -0.25) is 4.79 Å². The summed E-state index contributed by atoms with van der Waals surface area (Å²) >= 11 is 0. The number of amides is 1. The van der Waals surface area contributed by atoms with Crippen LogP contribution in [0.2, 0.25) is 0 Å². The van der Waals surface area contributed by atoms with Crippen molar-refractivity contribution in [3.8, 4) is 0 Å². The SMILES string of the molecule is CCCC(=O)NCCOCCCOC. The summed E-state index contributed by atoms with van der Waals surface area (Å²) < 4.78 is 10.1. The molecule has 1 N–H and O–H groups in total. The molecule has 0 heterocycles. The summed E-state index contributed by atoms with van der Waals surface area (Å²) in [4.78, 5) is 11.0. The van der Waals surface area contributed by atoms with E-state index in [1.54, 1.807) is 7.11 Å². The monoisotopic (exact) mass is 203 g/mol. The second-order valence-corrected chi connectivity index (χ2v) is 3.06. The number of ether oxygens (including phenoxy) is 2. The topological polar surface area (TPSA) is 47.6 Å². The predicted octanol–water partition coefficient (Wildman–Crippen LogP) is 0.956. The molecule has 0 saturated heterocycles. The number of methoxy groups -OCH3 is 1. The van der Waals surface area contributed by atoms with Crippen LogP contribution in [-0.2, 0) is 14.3 Å². The van der Waals surface area contributed by atoms with E-state index in [-0.39, 0.29) is 5.91 Å². The Morgan fingerprint density at radius 2 is 2.07 bits per heavy atom. The predicted molar refractivity (Wildman–Crippen MR) is 55.2 cm³/mol. The number of carbonyl (C=O) groups excluding carboxylic acids is 1. The van der Waals surface area contributed by atoms with Crippen LogP contribution >= 0.6 is 0 Å². The Labute approximate surface area is 86.0 Å². The van der Waals surface area contributed by atoms with E-state index in [0.717, 1.165) is 19.4 Å². The van der Waals surface area contributed by atoms with Gasteiger partial charge in [-0.05, 0) is 12.8 Å². The fraction of sp³-hybridized carbons (Fsp3) is 0.900. The van der Waals surface area contributed by atoms with E-state index in [1.165, 1.54) is 0 Å². The van der Waals surface area contributed by atoms with Crippen LogP contribution in [0.5, 0.6) is 0 Å². The molecular weight excluding hydrogens is 182 g/mol. The van der Waals surface area contributed by atoms with Crippen molar-refractivity contribution < 1.29 is 14.3 Å². The third kappa shape index (κ3) is 9.48. The Morgan fingerprint density at radius 3 is 2.71 bits per heavy atom. The smallest absolute Gasteiger partial charge is 0.220 e. The highest BCUT2D eigenvalue weighted by Gasteiger charge is 1.96. The van der Waals surface area contributed by atoms with E-state index in [2.05, 4.69) is 5.32 Å². The van der Waals surface area contributed by atoms with Crippen LogP contribution in [0.4, 0.5) is 0 Å². The lowest BCUT2D eigenvalue weighted by molar-refractivity contribution is -0.121. The molecule has 0 aromatic rings. The Bertz CT molecular complexity index is 139. The van der Waals surface area contributed by atoms with Crippen LogP contribution in [0.3, 0.4) is 0 Å². The van der Waals surface area contributed by atoms with Crippen LogP contribution in [0.1, 0.15) is 26.2 Å². The maximum absolute atomic E-state index is 11.0. The fourth-order valence-electron chi connectivity index (χ4n) is 0.985. The van der Waals surface area contributed by atoms with E-state index in [0.29, 0.717) is 26.2 Å². The van der Waals surface area contributed by atoms with Gasteiger partial charge in [-0.1, -0.05) is 6.92 Å². The summed E-state index contributed by atoms with van der Waals surface area (Å²) in [5, 5.41) is 2.78. The molecule has 4 heteroatoms. The van der Waals surface area contributed by atoms with E-state index >= 15 is 0 Å². The number of nitrogens with one attached hydrogen (secondary N) is 1. The minimum atomic E-state index is 0.105. The van der Waals surface area contributed by atoms with Crippen molar-refractivity contribution in [1.29, 1.82) is 0 Å². The van der Waals surface area contributed by atoms with Crippen LogP contribution < -0.4 is 5.32 Å². The molecule has 0 atom stereocenters. The highest BCUT2D eigenvalue weighted by atomic mass is 16.5. The van der Waals surface area contributed by atoms with Gasteiger partial charge in [0.05, 0.1) is 6.61 Å². The molecule has 0 saturated carbocycles. The highest BCUT2D eigenvalue weighted by molar-refractivity contribution is 5.75. The zero-order valence-corrected chi connectivity index (χ0v) is 9.17. The van der Waals surface area contributed by atoms with Crippen LogP contribution in [-0.4, -0.2) is 39.4 Å². The van der Waals surface area contributed by atoms with Gasteiger partial charge >= 0.3 is 0 Å². The Kier molecular flexibility index (Phi) is 10.0. The zero-order valence-electron chi connectivity index (χ0n) is 9.17. The third-order valence-electron chi connectivity index (χ3n) is 1.68. The number of rotatable bonds is 9. The van der Waals surface area contributed by atoms with E-state index in [1.807, 2.05) is 6.92 Å². The lowest BCUT2D eigenvalue weighted by Gasteiger charge is -2.05. The molecule has 1 amide bonds. The summed E-state index contributed by atoms with van der Waals surface area (Å²) in [6, 6.07) is 0. The van der Waals surface area contributed by atoms with Crippen molar-refractivity contribution in [1.82, 2.24) is 5.32 Å². The maximum Gasteiger partial charge on any atom is 0.220 e. The average molecular weight is 203 g/mol. The maximum atomic E-state index is 11.0. The van der Waals surface area contributed by atoms with E-state index in [4.69, 9.17) is 9.47 Å². The first-order valence-electron chi connectivity index (χ1n) is 5.14. The molecule has 0 aliphatic heterocycles. The molecular formula is C10H21NO3. The van der Waals surface area contributed by atoms with Crippen molar-refractivity contribution in [3.63, 3.8) is 0 Å². The van der Waals surface area contributed by atoms with Crippen LogP contribution in [0.15, 0.2) is 0 Å². The molecule has 0 aliphatic carbocycles. The molecule has 14 heavy (non-hydrogen) atoms. The standard InChI is InChI=1S/C10H21NO3/c1-3-5-10(12)11-6-9-14-8-4-7-13-2/h3-9H2,1-2H3,(H,11,12). The number of hydrogen-bond donors (Lipinski definition) is 1. The quantitative estimate of drug-likeness (QED) is 0.568. The van der Waals surface area contributed by atoms with Gasteiger partial charge in [0.2, 0.25) is 5.91 Å². The molecule has 0 unspecified atom stereocenters. The summed E-state index contributed by atoms with van der Waals surface area (Å²) in [7, 11) is 1.67. The zero-order chi connectivity index (χ0) is 10.6. The van der Waals surface area contributed by atoms with Gasteiger partial charge in [0.1, 0.15) is 0 Å². The third-order valence-corrected chi connectivity index (χ3v) is 1.68. The first kappa shape index (κ1) is 13.4. The lowest BCUT2D eigenvalue weighted by atomic mass is 10.3. The summed E-state index contributed by atoms with van der Waals surface area (Å²) in [6.45, 7) is 4.59. The Hall–Kier alpha value is -0.610. The van der Waals surface area contributed by atoms with Gasteiger partial charge in [-0.2, -0.15) is 0 Å². The molecule has 0 fully saturated rings. The van der Waals surface area contributed by atoms with Gasteiger partial charge in [-0.15, -0.1) is 0 Å². The van der Waals surface area contributed by atoms with Gasteiger partial charge in [0.25, 0.3) is 0 Å². The number of carbonyl (C=O) groups is 1. The first-order chi connectivity index (χ1) is 6.81. The molecule has 4 nitrogen and oxygen atoms in total. The normalized spacial score (nSPS) is 10.1. The Morgan fingerprint density at radius 1 is 1.29 bits per heavy atom. The van der Waals surface area contributed by atoms with Crippen LogP contribution in [0, 0.1) is 0 Å². The summed E-state index contributed by atoms with van der Waals surface area (Å²) in [6.07, 6.45) is 2.39. The van der Waals surface area contributed by atoms with Crippen LogP contribution in [0.25, 0.3) is 0 Å². The summed E-state index contributed by atoms with van der Waals surface area (Å²) in [5.74, 6) is 0.105. The van der Waals surface area contributed by atoms with Gasteiger partial charge in [-0.25, -0.2) is 0 Å². The minimum Gasteiger partial charge on any atom is -0.385 e. The molecule has 0 bridgehead atoms. The molecule has 0 rings (SSSR count). The van der Waals surface area contributed by atoms with E-state index < -0.39 is 0 Å². The van der Waals surface area contributed by atoms with Gasteiger partial charge in [0, 0.05) is 33.3 Å². The summed E-state index contributed by atoms with van der Waals surface area (Å²) in [5.41, 5.74) is 0. The molecule has 0 aliphatic rings. The van der Waals surface area contributed by atoms with Crippen molar-refractivity contribution in [2.75, 3.05) is 33.5 Å². The number of hydrogen-bond acceptors (Lipinski definition) is 3. The average Bonchev–Trinajstić information content (AvgIpc) is 2.17. The van der Waals surface area contributed by atoms with Gasteiger partial charge < -0.3 is 14.8 Å². The Balaban J connectivity index is 3.01.